The molecule has 16 heteroatoms. The maximum absolute atomic E-state index is 13.8. The minimum Gasteiger partial charge on any atom is -0.462 e. The summed E-state index contributed by atoms with van der Waals surface area (Å²) in [5.74, 6) is -1.91. The van der Waals surface area contributed by atoms with Gasteiger partial charge in [-0.25, -0.2) is 4.79 Å². The molecule has 3 aromatic heterocycles. The van der Waals surface area contributed by atoms with Crippen LogP contribution in [0.4, 0.5) is 28.9 Å². The van der Waals surface area contributed by atoms with Gasteiger partial charge in [-0.05, 0) is 89.9 Å². The van der Waals surface area contributed by atoms with E-state index in [0.29, 0.717) is 35.8 Å². The summed E-state index contributed by atoms with van der Waals surface area (Å²) in [4.78, 5) is 42.2. The summed E-state index contributed by atoms with van der Waals surface area (Å²) in [6.07, 6.45) is -0.724. The van der Waals surface area contributed by atoms with Gasteiger partial charge in [0.15, 0.2) is 11.4 Å². The molecule has 0 saturated carbocycles. The van der Waals surface area contributed by atoms with Gasteiger partial charge in [-0.1, -0.05) is 0 Å². The number of fused-ring (bicyclic) bond motifs is 1. The fourth-order valence-corrected chi connectivity index (χ4v) is 6.36. The molecule has 5 heterocycles. The highest BCUT2D eigenvalue weighted by Crippen LogP contribution is 2.38. The number of nitrogens with one attached hydrogen (secondary N) is 1. The third kappa shape index (κ3) is 10.6. The summed E-state index contributed by atoms with van der Waals surface area (Å²) in [6, 6.07) is 1.15. The molecule has 0 spiro atoms. The maximum atomic E-state index is 13.8. The minimum absolute atomic E-state index is 0.0510. The Bertz CT molecular complexity index is 1610. The van der Waals surface area contributed by atoms with Crippen molar-refractivity contribution in [1.82, 2.24) is 9.36 Å². The highest BCUT2D eigenvalue weighted by Gasteiger charge is 2.44. The summed E-state index contributed by atoms with van der Waals surface area (Å²) in [5, 5.41) is 3.00. The molecule has 3 N–H and O–H groups in total. The number of aromatic nitrogens is 2. The van der Waals surface area contributed by atoms with Crippen molar-refractivity contribution in [3.8, 4) is 0 Å². The van der Waals surface area contributed by atoms with Crippen molar-refractivity contribution in [1.29, 1.82) is 0 Å². The van der Waals surface area contributed by atoms with Crippen LogP contribution in [-0.2, 0) is 25.4 Å². The Morgan fingerprint density at radius 2 is 1.80 bits per heavy atom. The summed E-state index contributed by atoms with van der Waals surface area (Å²) in [6.45, 7) is 12.3. The van der Waals surface area contributed by atoms with Gasteiger partial charge in [0.25, 0.3) is 6.47 Å². The smallest absolute Gasteiger partial charge is 0.414 e. The fraction of sp³-hybridized carbons (Fsp3) is 0.606. The summed E-state index contributed by atoms with van der Waals surface area (Å²) in [5.41, 5.74) is 6.90. The highest BCUT2D eigenvalue weighted by atomic mass is 32.1. The molecular formula is C33H44F3N5O7S. The van der Waals surface area contributed by atoms with Crippen molar-refractivity contribution < 1.29 is 46.2 Å². The first-order valence-corrected chi connectivity index (χ1v) is 16.8. The molecule has 12 nitrogen and oxygen atoms in total. The van der Waals surface area contributed by atoms with E-state index in [1.165, 1.54) is 6.20 Å². The number of anilines is 2. The number of hydrogen-bond acceptors (Lipinski definition) is 12. The molecule has 49 heavy (non-hydrogen) atoms. The number of furan rings is 1. The van der Waals surface area contributed by atoms with E-state index in [1.54, 1.807) is 31.9 Å². The molecule has 270 valence electrons. The molecule has 0 bridgehead atoms. The Balaban J connectivity index is 0.000000698. The van der Waals surface area contributed by atoms with Gasteiger partial charge in [-0.2, -0.15) is 17.5 Å². The number of nitrogens with two attached hydrogens (primary N) is 1. The molecule has 1 amide bonds. The first-order valence-electron chi connectivity index (χ1n) is 16.0. The van der Waals surface area contributed by atoms with Crippen LogP contribution in [-0.4, -0.2) is 77.4 Å². The van der Waals surface area contributed by atoms with Crippen molar-refractivity contribution in [3.05, 3.63) is 35.2 Å². The van der Waals surface area contributed by atoms with Gasteiger partial charge < -0.3 is 29.3 Å². The van der Waals surface area contributed by atoms with Crippen LogP contribution in [0.2, 0.25) is 0 Å². The zero-order valence-corrected chi connectivity index (χ0v) is 29.3. The maximum Gasteiger partial charge on any atom is 0.414 e. The molecule has 2 aliphatic heterocycles. The largest absolute Gasteiger partial charge is 0.462 e. The second-order valence-corrected chi connectivity index (χ2v) is 14.9. The van der Waals surface area contributed by atoms with Crippen molar-refractivity contribution in [3.63, 3.8) is 0 Å². The van der Waals surface area contributed by atoms with E-state index < -0.39 is 35.6 Å². The van der Waals surface area contributed by atoms with E-state index in [1.807, 2.05) is 26.8 Å². The van der Waals surface area contributed by atoms with E-state index in [4.69, 9.17) is 19.6 Å². The van der Waals surface area contributed by atoms with E-state index in [9.17, 15) is 27.6 Å². The third-order valence-corrected chi connectivity index (χ3v) is 8.65. The van der Waals surface area contributed by atoms with Gasteiger partial charge in [0, 0.05) is 56.7 Å². The molecule has 2 aliphatic rings. The molecule has 0 radical (unpaired) electrons. The predicted molar refractivity (Wildman–Crippen MR) is 178 cm³/mol. The molecule has 2 saturated heterocycles. The van der Waals surface area contributed by atoms with E-state index in [2.05, 4.69) is 19.4 Å². The van der Waals surface area contributed by atoms with Crippen LogP contribution in [0.25, 0.3) is 11.1 Å². The van der Waals surface area contributed by atoms with Crippen molar-refractivity contribution in [2.24, 2.45) is 11.7 Å². The lowest BCUT2D eigenvalue weighted by atomic mass is 9.92. The number of amides is 1. The molecule has 0 aromatic carbocycles. The SMILES string of the molecule is CC(C)(C)OC(=O)Nc1oc2cc(C3CCOCC3)cnc2c1C(=O)Cc1cnsc1N1C[C@@H](N)C[C@@H](C(F)(F)F)C1.CC(C)(C)OC=O. The number of hydrogen-bond donors (Lipinski definition) is 2. The Morgan fingerprint density at radius 3 is 2.39 bits per heavy atom. The van der Waals surface area contributed by atoms with Crippen molar-refractivity contribution in [2.75, 3.05) is 36.5 Å². The molecule has 0 unspecified atom stereocenters. The number of carbonyl (C=O) groups excluding carboxylic acids is 3. The molecule has 5 rings (SSSR count). The van der Waals surface area contributed by atoms with Gasteiger partial charge >= 0.3 is 12.3 Å². The van der Waals surface area contributed by atoms with E-state index >= 15 is 0 Å². The summed E-state index contributed by atoms with van der Waals surface area (Å²) < 4.78 is 66.2. The van der Waals surface area contributed by atoms with Crippen molar-refractivity contribution >= 4 is 51.9 Å². The van der Waals surface area contributed by atoms with E-state index in [0.717, 1.165) is 29.9 Å². The van der Waals surface area contributed by atoms with Crippen LogP contribution >= 0.6 is 11.5 Å². The van der Waals surface area contributed by atoms with Gasteiger partial charge in [-0.15, -0.1) is 0 Å². The third-order valence-electron chi connectivity index (χ3n) is 7.74. The number of nitrogens with zero attached hydrogens (tertiary/aromatic N) is 3. The van der Waals surface area contributed by atoms with Crippen LogP contribution in [0.3, 0.4) is 0 Å². The molecule has 2 atom stereocenters. The standard InChI is InChI=1S/C28H34F3N5O5S.C5H10O2/c1-27(2,3)41-26(38)35-24-22(23-21(40-24)9-16(11-33-23)15-4-6-39-7-5-15)20(37)8-17-12-34-42-25(17)36-13-18(28(29,30)31)10-19(32)14-36;1-5(2,3)7-4-6/h9,11-12,15,18-19H,4-8,10,13-14,32H2,1-3H3,(H,35,38);4H,1-3H3/t18-,19+;/m1./s1. The average Bonchev–Trinajstić information content (AvgIpc) is 3.59. The Labute approximate surface area is 287 Å². The number of carbonyl (C=O) groups is 3. The first-order chi connectivity index (χ1) is 22.8. The summed E-state index contributed by atoms with van der Waals surface area (Å²) >= 11 is 1.01. The molecule has 0 aliphatic carbocycles. The normalized spacial score (nSPS) is 19.2. The number of halogens is 3. The van der Waals surface area contributed by atoms with Crippen molar-refractivity contribution in [2.45, 2.75) is 96.6 Å². The zero-order chi connectivity index (χ0) is 36.1. The number of rotatable bonds is 7. The number of piperidine rings is 1. The van der Waals surface area contributed by atoms with Crippen LogP contribution in [0.5, 0.6) is 0 Å². The second kappa shape index (κ2) is 15.4. The Kier molecular flexibility index (Phi) is 12.0. The van der Waals surface area contributed by atoms with Gasteiger partial charge in [-0.3, -0.25) is 19.9 Å². The number of pyridine rings is 1. The average molecular weight is 712 g/mol. The van der Waals surface area contributed by atoms with Gasteiger partial charge in [0.1, 0.15) is 27.3 Å². The zero-order valence-electron chi connectivity index (χ0n) is 28.5. The molecular weight excluding hydrogens is 667 g/mol. The second-order valence-electron chi connectivity index (χ2n) is 14.2. The first kappa shape index (κ1) is 38.0. The number of ether oxygens (including phenoxy) is 3. The summed E-state index contributed by atoms with van der Waals surface area (Å²) in [7, 11) is 0. The lowest BCUT2D eigenvalue weighted by Crippen LogP contribution is -2.51. The van der Waals surface area contributed by atoms with Crippen LogP contribution < -0.4 is 16.0 Å². The quantitative estimate of drug-likeness (QED) is 0.200. The van der Waals surface area contributed by atoms with Gasteiger partial charge in [0.2, 0.25) is 5.88 Å². The predicted octanol–water partition coefficient (Wildman–Crippen LogP) is 6.62. The molecule has 2 fully saturated rings. The van der Waals surface area contributed by atoms with E-state index in [-0.39, 0.29) is 54.4 Å². The van der Waals surface area contributed by atoms with Crippen LogP contribution in [0.15, 0.2) is 22.9 Å². The Hall–Kier alpha value is -3.76. The number of ketones is 1. The number of Topliss-reactive ketones (excluding diaryl/α,β-unsaturated/α-hetero) is 1. The lowest BCUT2D eigenvalue weighted by Gasteiger charge is -2.37. The lowest BCUT2D eigenvalue weighted by molar-refractivity contribution is -0.177. The number of alkyl halides is 3. The van der Waals surface area contributed by atoms with Crippen LogP contribution in [0, 0.1) is 5.92 Å². The molecule has 3 aromatic rings. The Morgan fingerprint density at radius 1 is 1.10 bits per heavy atom. The van der Waals surface area contributed by atoms with Crippen LogP contribution in [0.1, 0.15) is 88.2 Å². The topological polar surface area (TPSA) is 159 Å². The van der Waals surface area contributed by atoms with Gasteiger partial charge in [0.05, 0.1) is 5.92 Å². The monoisotopic (exact) mass is 711 g/mol. The highest BCUT2D eigenvalue weighted by molar-refractivity contribution is 7.10. The minimum atomic E-state index is -4.38. The fourth-order valence-electron chi connectivity index (χ4n) is 5.57.